The number of thiazole rings is 1. The summed E-state index contributed by atoms with van der Waals surface area (Å²) in [6.07, 6.45) is 0.235. The second-order valence-electron chi connectivity index (χ2n) is 6.94. The Balaban J connectivity index is 1.56. The number of hydrogen-bond acceptors (Lipinski definition) is 4. The Hall–Kier alpha value is -2.99. The summed E-state index contributed by atoms with van der Waals surface area (Å²) < 4.78 is 0. The van der Waals surface area contributed by atoms with Crippen LogP contribution in [0, 0.1) is 12.8 Å². The molecule has 0 bridgehead atoms. The third kappa shape index (κ3) is 3.82. The molecule has 2 aromatic carbocycles. The minimum Gasteiger partial charge on any atom is -0.338 e. The number of carbonyl (C=O) groups excluding carboxylic acids is 2. The van der Waals surface area contributed by atoms with E-state index in [1.54, 1.807) is 9.80 Å². The molecule has 2 amide bonds. The maximum absolute atomic E-state index is 13.4. The number of likely N-dealkylation sites (tertiary alicyclic amines) is 1. The van der Waals surface area contributed by atoms with E-state index in [0.717, 1.165) is 16.9 Å². The van der Waals surface area contributed by atoms with Crippen LogP contribution in [0.4, 0.5) is 10.8 Å². The van der Waals surface area contributed by atoms with Gasteiger partial charge in [0.2, 0.25) is 11.8 Å². The lowest BCUT2D eigenvalue weighted by Crippen LogP contribution is -2.34. The molecule has 3 aromatic rings. The Morgan fingerprint density at radius 1 is 1.14 bits per heavy atom. The molecular formula is C22H21N3O2S. The number of aromatic nitrogens is 1. The first-order valence-corrected chi connectivity index (χ1v) is 10.1. The highest BCUT2D eigenvalue weighted by Gasteiger charge is 2.38. The van der Waals surface area contributed by atoms with E-state index in [2.05, 4.69) is 4.98 Å². The lowest BCUT2D eigenvalue weighted by molar-refractivity contribution is -0.128. The lowest BCUT2D eigenvalue weighted by Gasteiger charge is -2.23. The fourth-order valence-electron chi connectivity index (χ4n) is 3.43. The van der Waals surface area contributed by atoms with Crippen LogP contribution in [0.2, 0.25) is 0 Å². The lowest BCUT2D eigenvalue weighted by atomic mass is 10.1. The zero-order valence-corrected chi connectivity index (χ0v) is 16.4. The predicted octanol–water partition coefficient (Wildman–Crippen LogP) is 4.16. The van der Waals surface area contributed by atoms with Crippen molar-refractivity contribution in [3.63, 3.8) is 0 Å². The van der Waals surface area contributed by atoms with E-state index in [-0.39, 0.29) is 24.2 Å². The van der Waals surface area contributed by atoms with Crippen molar-refractivity contribution in [3.8, 4) is 0 Å². The summed E-state index contributed by atoms with van der Waals surface area (Å²) in [5.41, 5.74) is 2.72. The van der Waals surface area contributed by atoms with Crippen molar-refractivity contribution in [1.29, 1.82) is 0 Å². The molecule has 4 rings (SSSR count). The number of aryl methyl sites for hydroxylation is 1. The molecule has 0 N–H and O–H groups in total. The number of amides is 2. The molecule has 0 radical (unpaired) electrons. The number of para-hydroxylation sites is 1. The van der Waals surface area contributed by atoms with Gasteiger partial charge in [0.25, 0.3) is 0 Å². The van der Waals surface area contributed by atoms with Gasteiger partial charge in [0, 0.05) is 24.9 Å². The van der Waals surface area contributed by atoms with Gasteiger partial charge in [-0.25, -0.2) is 4.98 Å². The van der Waals surface area contributed by atoms with Crippen molar-refractivity contribution in [2.45, 2.75) is 19.9 Å². The van der Waals surface area contributed by atoms with Crippen LogP contribution in [0.3, 0.4) is 0 Å². The fourth-order valence-corrected chi connectivity index (χ4v) is 4.26. The Labute approximate surface area is 168 Å². The van der Waals surface area contributed by atoms with Crippen LogP contribution >= 0.6 is 11.3 Å². The summed E-state index contributed by atoms with van der Waals surface area (Å²) in [5, 5.41) is 2.57. The van der Waals surface area contributed by atoms with E-state index in [9.17, 15) is 9.59 Å². The molecule has 1 saturated heterocycles. The van der Waals surface area contributed by atoms with Crippen molar-refractivity contribution in [1.82, 2.24) is 9.88 Å². The highest BCUT2D eigenvalue weighted by atomic mass is 32.1. The zero-order valence-electron chi connectivity index (χ0n) is 15.6. The number of anilines is 2. The Morgan fingerprint density at radius 3 is 2.46 bits per heavy atom. The van der Waals surface area contributed by atoms with Crippen molar-refractivity contribution in [2.75, 3.05) is 11.4 Å². The monoisotopic (exact) mass is 391 g/mol. The number of rotatable bonds is 5. The first kappa shape index (κ1) is 18.4. The Morgan fingerprint density at radius 2 is 1.82 bits per heavy atom. The highest BCUT2D eigenvalue weighted by molar-refractivity contribution is 7.14. The first-order chi connectivity index (χ1) is 13.6. The van der Waals surface area contributed by atoms with Crippen LogP contribution in [-0.2, 0) is 16.1 Å². The summed E-state index contributed by atoms with van der Waals surface area (Å²) in [6, 6.07) is 19.4. The number of benzene rings is 2. The third-order valence-electron chi connectivity index (χ3n) is 4.81. The van der Waals surface area contributed by atoms with E-state index in [1.165, 1.54) is 11.3 Å². The van der Waals surface area contributed by atoms with E-state index < -0.39 is 0 Å². The van der Waals surface area contributed by atoms with Gasteiger partial charge >= 0.3 is 0 Å². The van der Waals surface area contributed by atoms with Gasteiger partial charge in [-0.3, -0.25) is 14.5 Å². The summed E-state index contributed by atoms with van der Waals surface area (Å²) in [7, 11) is 0. The van der Waals surface area contributed by atoms with Gasteiger partial charge in [-0.05, 0) is 24.6 Å². The number of hydrogen-bond donors (Lipinski definition) is 0. The summed E-state index contributed by atoms with van der Waals surface area (Å²) >= 11 is 1.44. The number of carbonyl (C=O) groups is 2. The van der Waals surface area contributed by atoms with E-state index in [1.807, 2.05) is 73.0 Å². The molecule has 1 fully saturated rings. The molecule has 1 aliphatic heterocycles. The molecule has 1 aliphatic rings. The predicted molar refractivity (Wildman–Crippen MR) is 110 cm³/mol. The van der Waals surface area contributed by atoms with E-state index in [4.69, 9.17) is 0 Å². The third-order valence-corrected chi connectivity index (χ3v) is 5.76. The largest absolute Gasteiger partial charge is 0.338 e. The van der Waals surface area contributed by atoms with Gasteiger partial charge in [-0.1, -0.05) is 48.5 Å². The molecular weight excluding hydrogens is 370 g/mol. The van der Waals surface area contributed by atoms with Gasteiger partial charge < -0.3 is 4.90 Å². The maximum atomic E-state index is 13.4. The van der Waals surface area contributed by atoms with Gasteiger partial charge in [0.05, 0.1) is 17.3 Å². The molecule has 6 heteroatoms. The normalized spacial score (nSPS) is 16.4. The van der Waals surface area contributed by atoms with Crippen LogP contribution in [0.1, 0.15) is 17.7 Å². The molecule has 0 unspecified atom stereocenters. The molecule has 1 atom stereocenters. The molecule has 0 saturated carbocycles. The molecule has 28 heavy (non-hydrogen) atoms. The second kappa shape index (κ2) is 7.94. The van der Waals surface area contributed by atoms with Crippen LogP contribution < -0.4 is 4.90 Å². The minimum absolute atomic E-state index is 0.0190. The van der Waals surface area contributed by atoms with Crippen molar-refractivity contribution in [2.24, 2.45) is 5.92 Å². The van der Waals surface area contributed by atoms with Gasteiger partial charge in [0.15, 0.2) is 5.13 Å². The van der Waals surface area contributed by atoms with Gasteiger partial charge in [-0.2, -0.15) is 0 Å². The second-order valence-corrected chi connectivity index (χ2v) is 7.78. The summed E-state index contributed by atoms with van der Waals surface area (Å²) in [6.45, 7) is 2.87. The molecule has 5 nitrogen and oxygen atoms in total. The average molecular weight is 391 g/mol. The SMILES string of the molecule is Cc1csc(N(C(=O)[C@@H]2CC(=O)N(Cc3ccccc3)C2)c2ccccc2)n1. The molecule has 0 aliphatic carbocycles. The number of nitrogens with zero attached hydrogens (tertiary/aromatic N) is 3. The van der Waals surface area contributed by atoms with E-state index >= 15 is 0 Å². The molecule has 2 heterocycles. The van der Waals surface area contributed by atoms with Crippen molar-refractivity contribution < 1.29 is 9.59 Å². The van der Waals surface area contributed by atoms with Crippen LogP contribution in [0.25, 0.3) is 0 Å². The molecule has 1 aromatic heterocycles. The average Bonchev–Trinajstić information content (AvgIpc) is 3.30. The topological polar surface area (TPSA) is 53.5 Å². The van der Waals surface area contributed by atoms with Crippen LogP contribution in [0.15, 0.2) is 66.0 Å². The molecule has 0 spiro atoms. The van der Waals surface area contributed by atoms with Crippen LogP contribution in [-0.4, -0.2) is 28.2 Å². The van der Waals surface area contributed by atoms with Gasteiger partial charge in [0.1, 0.15) is 0 Å². The quantitative estimate of drug-likeness (QED) is 0.656. The Bertz CT molecular complexity index is 972. The van der Waals surface area contributed by atoms with E-state index in [0.29, 0.717) is 18.2 Å². The highest BCUT2D eigenvalue weighted by Crippen LogP contribution is 2.32. The summed E-state index contributed by atoms with van der Waals surface area (Å²) in [4.78, 5) is 33.9. The zero-order chi connectivity index (χ0) is 19.5. The minimum atomic E-state index is -0.374. The standard InChI is InChI=1S/C22H21N3O2S/c1-16-15-28-22(23-16)25(19-10-6-3-7-11-19)21(27)18-12-20(26)24(14-18)13-17-8-4-2-5-9-17/h2-11,15,18H,12-14H2,1H3/t18-/m1/s1. The molecule has 142 valence electrons. The smallest absolute Gasteiger partial charge is 0.238 e. The van der Waals surface area contributed by atoms with Crippen molar-refractivity contribution >= 4 is 34.0 Å². The van der Waals surface area contributed by atoms with Gasteiger partial charge in [-0.15, -0.1) is 11.3 Å². The fraction of sp³-hybridized carbons (Fsp3) is 0.227. The Kier molecular flexibility index (Phi) is 5.21. The first-order valence-electron chi connectivity index (χ1n) is 9.24. The van der Waals surface area contributed by atoms with Crippen LogP contribution in [0.5, 0.6) is 0 Å². The van der Waals surface area contributed by atoms with Crippen molar-refractivity contribution in [3.05, 3.63) is 77.3 Å². The summed E-state index contributed by atoms with van der Waals surface area (Å²) in [5.74, 6) is -0.435. The maximum Gasteiger partial charge on any atom is 0.238 e.